The van der Waals surface area contributed by atoms with Crippen molar-refractivity contribution >= 4 is 17.6 Å². The zero-order chi connectivity index (χ0) is 10.8. The second-order valence-electron chi connectivity index (χ2n) is 3.62. The summed E-state index contributed by atoms with van der Waals surface area (Å²) in [4.78, 5) is 11.4. The third-order valence-corrected chi connectivity index (χ3v) is 2.63. The van der Waals surface area contributed by atoms with Gasteiger partial charge in [0, 0.05) is 6.04 Å². The number of nitrogen functional groups attached to an aromatic ring is 1. The normalized spacial score (nSPS) is 15.8. The van der Waals surface area contributed by atoms with Gasteiger partial charge in [-0.25, -0.2) is 4.79 Å². The minimum absolute atomic E-state index is 0.240. The minimum atomic E-state index is -0.469. The quantitative estimate of drug-likeness (QED) is 0.640. The lowest BCUT2D eigenvalue weighted by Crippen LogP contribution is -2.28. The first-order valence-corrected chi connectivity index (χ1v) is 4.91. The molecule has 0 unspecified atom stereocenters. The van der Waals surface area contributed by atoms with E-state index in [1.807, 2.05) is 0 Å². The number of hydrogen-bond acceptors (Lipinski definition) is 5. The maximum absolute atomic E-state index is 11.4. The first-order valence-electron chi connectivity index (χ1n) is 4.91. The number of ether oxygens (including phenoxy) is 1. The number of methoxy groups -OCH3 is 1. The zero-order valence-corrected chi connectivity index (χ0v) is 8.54. The van der Waals surface area contributed by atoms with Crippen LogP contribution < -0.4 is 11.1 Å². The highest BCUT2D eigenvalue weighted by Gasteiger charge is 2.24. The number of aromatic nitrogens is 2. The fourth-order valence-corrected chi connectivity index (χ4v) is 1.51. The van der Waals surface area contributed by atoms with Gasteiger partial charge in [0.15, 0.2) is 5.82 Å². The van der Waals surface area contributed by atoms with E-state index < -0.39 is 5.97 Å². The number of carbonyl (C=O) groups is 1. The summed E-state index contributed by atoms with van der Waals surface area (Å²) in [5, 5.41) is 9.67. The average Bonchev–Trinajstić information content (AvgIpc) is 2.52. The number of rotatable bonds is 3. The van der Waals surface area contributed by atoms with Gasteiger partial charge < -0.3 is 15.8 Å². The molecule has 1 aromatic heterocycles. The number of nitrogens with zero attached hydrogens (tertiary/aromatic N) is 1. The molecule has 0 atom stereocenters. The van der Waals surface area contributed by atoms with Crippen molar-refractivity contribution in [3.8, 4) is 0 Å². The van der Waals surface area contributed by atoms with Gasteiger partial charge in [-0.2, -0.15) is 5.10 Å². The van der Waals surface area contributed by atoms with E-state index in [9.17, 15) is 4.79 Å². The Balaban J connectivity index is 2.18. The summed E-state index contributed by atoms with van der Waals surface area (Å²) in [7, 11) is 1.32. The van der Waals surface area contributed by atoms with Crippen molar-refractivity contribution in [1.82, 2.24) is 10.2 Å². The largest absolute Gasteiger partial charge is 0.465 e. The monoisotopic (exact) mass is 210 g/mol. The van der Waals surface area contributed by atoms with E-state index in [-0.39, 0.29) is 5.82 Å². The molecule has 6 nitrogen and oxygen atoms in total. The molecular formula is C9H14N4O2. The Morgan fingerprint density at radius 3 is 2.93 bits per heavy atom. The number of carbonyl (C=O) groups excluding carboxylic acids is 1. The molecule has 0 saturated heterocycles. The van der Waals surface area contributed by atoms with Crippen LogP contribution in [0.2, 0.25) is 0 Å². The highest BCUT2D eigenvalue weighted by molar-refractivity contribution is 5.99. The van der Waals surface area contributed by atoms with Crippen LogP contribution >= 0.6 is 0 Å². The van der Waals surface area contributed by atoms with Crippen molar-refractivity contribution in [3.05, 3.63) is 5.56 Å². The lowest BCUT2D eigenvalue weighted by atomic mass is 9.93. The zero-order valence-electron chi connectivity index (χ0n) is 8.54. The van der Waals surface area contributed by atoms with E-state index in [2.05, 4.69) is 20.3 Å². The van der Waals surface area contributed by atoms with Crippen molar-refractivity contribution in [2.45, 2.75) is 25.3 Å². The minimum Gasteiger partial charge on any atom is -0.465 e. The summed E-state index contributed by atoms with van der Waals surface area (Å²) in [6, 6.07) is 0.399. The third-order valence-electron chi connectivity index (χ3n) is 2.63. The number of anilines is 2. The van der Waals surface area contributed by atoms with Crippen molar-refractivity contribution in [3.63, 3.8) is 0 Å². The topological polar surface area (TPSA) is 93.0 Å². The summed E-state index contributed by atoms with van der Waals surface area (Å²) in [5.41, 5.74) is 5.89. The van der Waals surface area contributed by atoms with E-state index in [1.165, 1.54) is 13.5 Å². The molecule has 0 aliphatic heterocycles. The van der Waals surface area contributed by atoms with E-state index >= 15 is 0 Å². The SMILES string of the molecule is COC(=O)c1c(NC2CCC2)n[nH]c1N. The smallest absolute Gasteiger partial charge is 0.345 e. The predicted molar refractivity (Wildman–Crippen MR) is 55.6 cm³/mol. The fraction of sp³-hybridized carbons (Fsp3) is 0.556. The van der Waals surface area contributed by atoms with Gasteiger partial charge in [-0.15, -0.1) is 0 Å². The Morgan fingerprint density at radius 1 is 1.67 bits per heavy atom. The molecule has 0 radical (unpaired) electrons. The van der Waals surface area contributed by atoms with Gasteiger partial charge >= 0.3 is 5.97 Å². The van der Waals surface area contributed by atoms with Crippen LogP contribution in [0.4, 0.5) is 11.6 Å². The number of aromatic amines is 1. The van der Waals surface area contributed by atoms with E-state index in [4.69, 9.17) is 5.73 Å². The van der Waals surface area contributed by atoms with Crippen molar-refractivity contribution in [2.75, 3.05) is 18.2 Å². The Bertz CT molecular complexity index is 370. The van der Waals surface area contributed by atoms with Crippen molar-refractivity contribution in [1.29, 1.82) is 0 Å². The van der Waals surface area contributed by atoms with Crippen LogP contribution in [0.25, 0.3) is 0 Å². The van der Waals surface area contributed by atoms with Crippen LogP contribution in [0.3, 0.4) is 0 Å². The molecule has 1 aliphatic rings. The second kappa shape index (κ2) is 3.80. The lowest BCUT2D eigenvalue weighted by Gasteiger charge is -2.26. The molecule has 1 saturated carbocycles. The number of H-pyrrole nitrogens is 1. The molecule has 0 amide bonds. The molecule has 1 aliphatic carbocycles. The lowest BCUT2D eigenvalue weighted by molar-refractivity contribution is 0.0603. The average molecular weight is 210 g/mol. The van der Waals surface area contributed by atoms with Crippen LogP contribution in [0.5, 0.6) is 0 Å². The Labute approximate surface area is 87.2 Å². The molecule has 15 heavy (non-hydrogen) atoms. The molecule has 82 valence electrons. The highest BCUT2D eigenvalue weighted by Crippen LogP contribution is 2.26. The van der Waals surface area contributed by atoms with E-state index in [0.717, 1.165) is 12.8 Å². The first kappa shape index (κ1) is 9.82. The predicted octanol–water partition coefficient (Wildman–Crippen LogP) is 0.743. The van der Waals surface area contributed by atoms with Crippen LogP contribution in [0.15, 0.2) is 0 Å². The fourth-order valence-electron chi connectivity index (χ4n) is 1.51. The summed E-state index contributed by atoms with van der Waals surface area (Å²) >= 11 is 0. The molecule has 1 aromatic rings. The molecule has 0 bridgehead atoms. The van der Waals surface area contributed by atoms with Gasteiger partial charge in [-0.3, -0.25) is 5.10 Å². The number of esters is 1. The maximum atomic E-state index is 11.4. The van der Waals surface area contributed by atoms with Crippen LogP contribution in [0, 0.1) is 0 Å². The summed E-state index contributed by atoms with van der Waals surface area (Å²) in [5.74, 6) is 0.260. The van der Waals surface area contributed by atoms with Crippen LogP contribution in [0.1, 0.15) is 29.6 Å². The third kappa shape index (κ3) is 1.74. The van der Waals surface area contributed by atoms with Crippen LogP contribution in [-0.2, 0) is 4.74 Å². The summed E-state index contributed by atoms with van der Waals surface area (Å²) in [6.07, 6.45) is 3.42. The first-order chi connectivity index (χ1) is 7.22. The molecule has 6 heteroatoms. The van der Waals surface area contributed by atoms with Gasteiger partial charge in [-0.05, 0) is 19.3 Å². The molecular weight excluding hydrogens is 196 g/mol. The maximum Gasteiger partial charge on any atom is 0.345 e. The van der Waals surface area contributed by atoms with Gasteiger partial charge in [0.05, 0.1) is 7.11 Å². The Morgan fingerprint density at radius 2 is 2.40 bits per heavy atom. The molecule has 1 fully saturated rings. The summed E-state index contributed by atoms with van der Waals surface area (Å²) < 4.78 is 4.63. The van der Waals surface area contributed by atoms with Crippen molar-refractivity contribution in [2.24, 2.45) is 0 Å². The second-order valence-corrected chi connectivity index (χ2v) is 3.62. The van der Waals surface area contributed by atoms with E-state index in [0.29, 0.717) is 17.4 Å². The standard InChI is InChI=1S/C9H14N4O2/c1-15-9(14)6-7(10)12-13-8(6)11-5-3-2-4-5/h5H,2-4H2,1H3,(H4,10,11,12,13). The molecule has 0 spiro atoms. The highest BCUT2D eigenvalue weighted by atomic mass is 16.5. The summed E-state index contributed by atoms with van der Waals surface area (Å²) in [6.45, 7) is 0. The van der Waals surface area contributed by atoms with Gasteiger partial charge in [0.25, 0.3) is 0 Å². The van der Waals surface area contributed by atoms with Gasteiger partial charge in [-0.1, -0.05) is 0 Å². The number of nitrogens with one attached hydrogen (secondary N) is 2. The molecule has 2 rings (SSSR count). The van der Waals surface area contributed by atoms with Gasteiger partial charge in [0.1, 0.15) is 11.4 Å². The molecule has 4 N–H and O–H groups in total. The van der Waals surface area contributed by atoms with Gasteiger partial charge in [0.2, 0.25) is 0 Å². The molecule has 1 heterocycles. The van der Waals surface area contributed by atoms with E-state index in [1.54, 1.807) is 0 Å². The number of hydrogen-bond donors (Lipinski definition) is 3. The number of nitrogens with two attached hydrogens (primary N) is 1. The Hall–Kier alpha value is -1.72. The molecule has 0 aromatic carbocycles. The Kier molecular flexibility index (Phi) is 2.49. The van der Waals surface area contributed by atoms with Crippen molar-refractivity contribution < 1.29 is 9.53 Å². The van der Waals surface area contributed by atoms with Crippen LogP contribution in [-0.4, -0.2) is 29.3 Å².